The Morgan fingerprint density at radius 3 is 2.80 bits per heavy atom. The third-order valence-electron chi connectivity index (χ3n) is 6.35. The van der Waals surface area contributed by atoms with Crippen LogP contribution in [0.4, 0.5) is 4.39 Å². The van der Waals surface area contributed by atoms with Crippen LogP contribution in [-0.2, 0) is 6.42 Å². The average molecular weight is 473 g/mol. The topological polar surface area (TPSA) is 92.5 Å². The summed E-state index contributed by atoms with van der Waals surface area (Å²) in [6.07, 6.45) is 7.86. The van der Waals surface area contributed by atoms with Gasteiger partial charge >= 0.3 is 0 Å². The number of piperidine rings is 1. The molecule has 0 saturated carbocycles. The van der Waals surface area contributed by atoms with Gasteiger partial charge in [0.2, 0.25) is 0 Å². The van der Waals surface area contributed by atoms with Gasteiger partial charge in [-0.2, -0.15) is 5.10 Å². The Morgan fingerprint density at radius 1 is 1.11 bits per heavy atom. The summed E-state index contributed by atoms with van der Waals surface area (Å²) in [7, 11) is 1.56. The minimum absolute atomic E-state index is 0.0961. The highest BCUT2D eigenvalue weighted by Crippen LogP contribution is 2.32. The molecule has 0 bridgehead atoms. The van der Waals surface area contributed by atoms with Gasteiger partial charge in [-0.3, -0.25) is 14.6 Å². The number of halogens is 1. The lowest BCUT2D eigenvalue weighted by Crippen LogP contribution is -2.39. The minimum atomic E-state index is -0.298. The third-order valence-corrected chi connectivity index (χ3v) is 6.35. The zero-order valence-corrected chi connectivity index (χ0v) is 19.3. The largest absolute Gasteiger partial charge is 0.355 e. The zero-order chi connectivity index (χ0) is 24.4. The van der Waals surface area contributed by atoms with Crippen molar-refractivity contribution in [2.24, 2.45) is 0 Å². The van der Waals surface area contributed by atoms with Crippen molar-refractivity contribution < 1.29 is 14.0 Å². The number of aromatic nitrogens is 4. The number of amides is 2. The molecule has 1 fully saturated rings. The van der Waals surface area contributed by atoms with Crippen LogP contribution in [-0.4, -0.2) is 49.9 Å². The summed E-state index contributed by atoms with van der Waals surface area (Å²) in [4.78, 5) is 36.5. The molecule has 9 heteroatoms. The van der Waals surface area contributed by atoms with E-state index in [4.69, 9.17) is 0 Å². The van der Waals surface area contributed by atoms with Crippen LogP contribution in [0.3, 0.4) is 0 Å². The fourth-order valence-electron chi connectivity index (χ4n) is 4.67. The van der Waals surface area contributed by atoms with E-state index in [1.807, 2.05) is 17.0 Å². The van der Waals surface area contributed by atoms with Gasteiger partial charge in [-0.05, 0) is 55.2 Å². The maximum absolute atomic E-state index is 13.7. The number of rotatable bonds is 5. The average Bonchev–Trinajstić information content (AvgIpc) is 3.32. The lowest BCUT2D eigenvalue weighted by Gasteiger charge is -2.36. The molecule has 0 aliphatic carbocycles. The number of fused-ring (bicyclic) bond motifs is 1. The van der Waals surface area contributed by atoms with E-state index in [0.717, 1.165) is 30.5 Å². The first-order valence-electron chi connectivity index (χ1n) is 11.6. The van der Waals surface area contributed by atoms with Crippen LogP contribution in [0.15, 0.2) is 61.1 Å². The first kappa shape index (κ1) is 22.6. The minimum Gasteiger partial charge on any atom is -0.355 e. The maximum atomic E-state index is 13.7. The molecule has 4 heterocycles. The first-order chi connectivity index (χ1) is 17.0. The molecule has 1 aliphatic heterocycles. The molecule has 35 heavy (non-hydrogen) atoms. The van der Waals surface area contributed by atoms with Gasteiger partial charge in [0.05, 0.1) is 17.9 Å². The summed E-state index contributed by atoms with van der Waals surface area (Å²) in [6, 6.07) is 11.5. The van der Waals surface area contributed by atoms with Gasteiger partial charge in [0, 0.05) is 43.7 Å². The van der Waals surface area contributed by atoms with Crippen LogP contribution in [0.5, 0.6) is 0 Å². The monoisotopic (exact) mass is 472 g/mol. The number of carbonyl (C=O) groups is 2. The summed E-state index contributed by atoms with van der Waals surface area (Å²) in [6.45, 7) is 0.610. The molecule has 5 rings (SSSR count). The van der Waals surface area contributed by atoms with Gasteiger partial charge in [0.1, 0.15) is 11.4 Å². The van der Waals surface area contributed by atoms with Crippen LogP contribution < -0.4 is 5.32 Å². The summed E-state index contributed by atoms with van der Waals surface area (Å²) in [5.74, 6) is -0.655. The van der Waals surface area contributed by atoms with Crippen molar-refractivity contribution in [2.45, 2.75) is 31.7 Å². The first-order valence-corrected chi connectivity index (χ1v) is 11.6. The highest BCUT2D eigenvalue weighted by molar-refractivity contribution is 5.99. The molecule has 1 aliphatic rings. The Balaban J connectivity index is 1.45. The fourth-order valence-corrected chi connectivity index (χ4v) is 4.67. The predicted octanol–water partition coefficient (Wildman–Crippen LogP) is 3.58. The molecule has 2 amide bonds. The van der Waals surface area contributed by atoms with Crippen LogP contribution in [0.2, 0.25) is 0 Å². The molecule has 1 N–H and O–H groups in total. The summed E-state index contributed by atoms with van der Waals surface area (Å²) in [5, 5.41) is 7.02. The highest BCUT2D eigenvalue weighted by Gasteiger charge is 2.31. The molecule has 0 unspecified atom stereocenters. The van der Waals surface area contributed by atoms with Gasteiger partial charge in [0.15, 0.2) is 5.65 Å². The molecule has 178 valence electrons. The second kappa shape index (κ2) is 9.61. The fraction of sp³-hybridized carbons (Fsp3) is 0.269. The molecule has 0 spiro atoms. The van der Waals surface area contributed by atoms with E-state index in [-0.39, 0.29) is 23.7 Å². The lowest BCUT2D eigenvalue weighted by atomic mass is 9.97. The maximum Gasteiger partial charge on any atom is 0.256 e. The van der Waals surface area contributed by atoms with Crippen molar-refractivity contribution in [2.75, 3.05) is 13.6 Å². The predicted molar refractivity (Wildman–Crippen MR) is 127 cm³/mol. The highest BCUT2D eigenvalue weighted by atomic mass is 19.1. The van der Waals surface area contributed by atoms with Crippen molar-refractivity contribution in [1.82, 2.24) is 29.8 Å². The number of hydrogen-bond acceptors (Lipinski definition) is 5. The normalized spacial score (nSPS) is 15.8. The van der Waals surface area contributed by atoms with Crippen molar-refractivity contribution in [3.05, 3.63) is 95.0 Å². The van der Waals surface area contributed by atoms with E-state index in [9.17, 15) is 14.0 Å². The van der Waals surface area contributed by atoms with E-state index >= 15 is 0 Å². The second-order valence-corrected chi connectivity index (χ2v) is 8.60. The Morgan fingerprint density at radius 2 is 1.97 bits per heavy atom. The molecule has 1 atom stereocenters. The van der Waals surface area contributed by atoms with Crippen LogP contribution in [0, 0.1) is 5.82 Å². The van der Waals surface area contributed by atoms with Gasteiger partial charge in [-0.15, -0.1) is 0 Å². The van der Waals surface area contributed by atoms with Crippen molar-refractivity contribution >= 4 is 17.5 Å². The molecule has 3 aromatic heterocycles. The SMILES string of the molecule is CNC(=O)c1cnn2c([C@H]3CCCCN3C(=O)c3ccnc(Cc4cccc(F)c4)c3)ccnc12. The number of benzene rings is 1. The van der Waals surface area contributed by atoms with Crippen molar-refractivity contribution in [3.63, 3.8) is 0 Å². The van der Waals surface area contributed by atoms with Crippen LogP contribution in [0.25, 0.3) is 5.65 Å². The Labute approximate surface area is 201 Å². The molecule has 0 radical (unpaired) electrons. The van der Waals surface area contributed by atoms with E-state index in [1.54, 1.807) is 42.2 Å². The van der Waals surface area contributed by atoms with Gasteiger partial charge < -0.3 is 10.2 Å². The molecular formula is C26H25FN6O2. The molecule has 1 aromatic carbocycles. The van der Waals surface area contributed by atoms with E-state index in [0.29, 0.717) is 35.4 Å². The van der Waals surface area contributed by atoms with Crippen LogP contribution in [0.1, 0.15) is 63.0 Å². The standard InChI is InChI=1S/C26H25FN6O2/c1-28-25(34)21-16-31-33-23(9-11-30-24(21)33)22-7-2-3-12-32(22)26(35)18-8-10-29-20(15-18)14-17-5-4-6-19(27)13-17/h4-6,8-11,13,15-16,22H,2-3,7,12,14H2,1H3,(H,28,34)/t22-/m1/s1. The smallest absolute Gasteiger partial charge is 0.256 e. The number of nitrogens with one attached hydrogen (secondary N) is 1. The molecule has 8 nitrogen and oxygen atoms in total. The number of nitrogens with zero attached hydrogens (tertiary/aromatic N) is 5. The molecular weight excluding hydrogens is 447 g/mol. The van der Waals surface area contributed by atoms with Gasteiger partial charge in [-0.1, -0.05) is 12.1 Å². The summed E-state index contributed by atoms with van der Waals surface area (Å²) in [5.41, 5.74) is 3.69. The number of likely N-dealkylation sites (tertiary alicyclic amines) is 1. The molecule has 1 saturated heterocycles. The second-order valence-electron chi connectivity index (χ2n) is 8.60. The quantitative estimate of drug-likeness (QED) is 0.479. The van der Waals surface area contributed by atoms with E-state index in [2.05, 4.69) is 20.4 Å². The van der Waals surface area contributed by atoms with E-state index in [1.165, 1.54) is 18.3 Å². The van der Waals surface area contributed by atoms with Gasteiger partial charge in [-0.25, -0.2) is 13.9 Å². The van der Waals surface area contributed by atoms with Crippen molar-refractivity contribution in [1.29, 1.82) is 0 Å². The van der Waals surface area contributed by atoms with Crippen molar-refractivity contribution in [3.8, 4) is 0 Å². The number of carbonyl (C=O) groups excluding carboxylic acids is 2. The van der Waals surface area contributed by atoms with E-state index < -0.39 is 0 Å². The van der Waals surface area contributed by atoms with Crippen LogP contribution >= 0.6 is 0 Å². The molecule has 4 aromatic rings. The zero-order valence-electron chi connectivity index (χ0n) is 19.3. The lowest BCUT2D eigenvalue weighted by molar-refractivity contribution is 0.0602. The Bertz CT molecular complexity index is 1400. The Hall–Kier alpha value is -4.14. The third kappa shape index (κ3) is 4.49. The number of pyridine rings is 1. The summed E-state index contributed by atoms with van der Waals surface area (Å²) < 4.78 is 15.2. The van der Waals surface area contributed by atoms with Gasteiger partial charge in [0.25, 0.3) is 11.8 Å². The Kier molecular flexibility index (Phi) is 6.22. The summed E-state index contributed by atoms with van der Waals surface area (Å²) >= 11 is 0. The number of hydrogen-bond donors (Lipinski definition) is 1.